The van der Waals surface area contributed by atoms with Crippen LogP contribution in [0, 0.1) is 10.1 Å². The predicted octanol–water partition coefficient (Wildman–Crippen LogP) is 1.91. The maximum absolute atomic E-state index is 11.7. The second kappa shape index (κ2) is 8.44. The van der Waals surface area contributed by atoms with Crippen molar-refractivity contribution in [1.29, 1.82) is 0 Å². The lowest BCUT2D eigenvalue weighted by Gasteiger charge is -2.17. The van der Waals surface area contributed by atoms with Crippen molar-refractivity contribution in [2.45, 2.75) is 26.4 Å². The summed E-state index contributed by atoms with van der Waals surface area (Å²) in [5, 5.41) is 15.9. The molecule has 0 unspecified atom stereocenters. The Morgan fingerprint density at radius 2 is 2.04 bits per heavy atom. The summed E-state index contributed by atoms with van der Waals surface area (Å²) < 4.78 is 0. The maximum Gasteiger partial charge on any atom is 0.321 e. The van der Waals surface area contributed by atoms with E-state index in [0.29, 0.717) is 10.6 Å². The molecule has 8 nitrogen and oxygen atoms in total. The predicted molar refractivity (Wildman–Crippen MR) is 86.3 cm³/mol. The summed E-state index contributed by atoms with van der Waals surface area (Å²) in [5.41, 5.74) is 0.460. The topological polar surface area (TPSA) is 105 Å². The quantitative estimate of drug-likeness (QED) is 0.607. The Bertz CT molecular complexity index is 606. The van der Waals surface area contributed by atoms with E-state index in [-0.39, 0.29) is 24.8 Å². The molecule has 0 aliphatic heterocycles. The Hall–Kier alpha value is -2.19. The molecule has 0 aliphatic carbocycles. The van der Waals surface area contributed by atoms with Gasteiger partial charge in [0.25, 0.3) is 5.69 Å². The van der Waals surface area contributed by atoms with Crippen LogP contribution in [-0.4, -0.2) is 41.4 Å². The summed E-state index contributed by atoms with van der Waals surface area (Å²) in [6.45, 7) is 3.74. The fraction of sp³-hybridized carbons (Fsp3) is 0.429. The Labute approximate surface area is 138 Å². The Kier molecular flexibility index (Phi) is 6.92. The zero-order valence-electron chi connectivity index (χ0n) is 13.1. The van der Waals surface area contributed by atoms with E-state index in [2.05, 4.69) is 10.6 Å². The minimum absolute atomic E-state index is 0.0511. The summed E-state index contributed by atoms with van der Waals surface area (Å²) in [4.78, 5) is 35.0. The fourth-order valence-corrected chi connectivity index (χ4v) is 2.03. The molecule has 1 aromatic carbocycles. The van der Waals surface area contributed by atoms with Gasteiger partial charge in [0.15, 0.2) is 0 Å². The van der Waals surface area contributed by atoms with Crippen LogP contribution in [0.2, 0.25) is 5.02 Å². The number of nitro benzene ring substituents is 1. The van der Waals surface area contributed by atoms with E-state index in [0.717, 1.165) is 0 Å². The van der Waals surface area contributed by atoms with Crippen molar-refractivity contribution in [3.8, 4) is 0 Å². The first-order valence-corrected chi connectivity index (χ1v) is 7.28. The number of imide groups is 1. The number of hydrogen-bond acceptors (Lipinski definition) is 5. The van der Waals surface area contributed by atoms with Crippen LogP contribution in [0.15, 0.2) is 18.2 Å². The standard InChI is InChI=1S/C14H19ClN4O4/c1-9(2)16-14(21)17-13(20)8-18(3)7-10-6-11(19(22)23)4-5-12(10)15/h4-6,9H,7-8H2,1-3H3,(H2,16,17,20,21). The monoisotopic (exact) mass is 342 g/mol. The summed E-state index contributed by atoms with van der Waals surface area (Å²) in [6.07, 6.45) is 0. The van der Waals surface area contributed by atoms with Gasteiger partial charge >= 0.3 is 6.03 Å². The highest BCUT2D eigenvalue weighted by atomic mass is 35.5. The largest absolute Gasteiger partial charge is 0.336 e. The molecule has 3 amide bonds. The van der Waals surface area contributed by atoms with Crippen LogP contribution in [0.25, 0.3) is 0 Å². The lowest BCUT2D eigenvalue weighted by Crippen LogP contribution is -2.45. The molecule has 0 heterocycles. The molecule has 0 bridgehead atoms. The third-order valence-corrected chi connectivity index (χ3v) is 3.14. The molecule has 0 saturated heterocycles. The second-order valence-electron chi connectivity index (χ2n) is 5.38. The van der Waals surface area contributed by atoms with Crippen LogP contribution in [-0.2, 0) is 11.3 Å². The molecular weight excluding hydrogens is 324 g/mol. The zero-order chi connectivity index (χ0) is 17.6. The van der Waals surface area contributed by atoms with Crippen LogP contribution in [0.4, 0.5) is 10.5 Å². The summed E-state index contributed by atoms with van der Waals surface area (Å²) in [5.74, 6) is -0.479. The number of likely N-dealkylation sites (N-methyl/N-ethyl adjacent to an activating group) is 1. The van der Waals surface area contributed by atoms with Crippen molar-refractivity contribution in [2.75, 3.05) is 13.6 Å². The molecule has 0 spiro atoms. The van der Waals surface area contributed by atoms with Gasteiger partial charge in [0.05, 0.1) is 11.5 Å². The van der Waals surface area contributed by atoms with E-state index in [9.17, 15) is 19.7 Å². The average molecular weight is 343 g/mol. The van der Waals surface area contributed by atoms with Gasteiger partial charge in [0.1, 0.15) is 0 Å². The first kappa shape index (κ1) is 18.9. The molecule has 126 valence electrons. The summed E-state index contributed by atoms with van der Waals surface area (Å²) >= 11 is 6.01. The lowest BCUT2D eigenvalue weighted by atomic mass is 10.2. The minimum atomic E-state index is -0.563. The van der Waals surface area contributed by atoms with Gasteiger partial charge < -0.3 is 5.32 Å². The number of rotatable bonds is 6. The van der Waals surface area contributed by atoms with Crippen molar-refractivity contribution in [3.63, 3.8) is 0 Å². The number of amides is 3. The molecule has 0 atom stereocenters. The third kappa shape index (κ3) is 6.62. The van der Waals surface area contributed by atoms with Gasteiger partial charge in [-0.05, 0) is 32.5 Å². The molecule has 9 heteroatoms. The average Bonchev–Trinajstić information content (AvgIpc) is 2.39. The number of nitro groups is 1. The number of nitrogens with one attached hydrogen (secondary N) is 2. The molecule has 1 rings (SSSR count). The fourth-order valence-electron chi connectivity index (χ4n) is 1.85. The van der Waals surface area contributed by atoms with Gasteiger partial charge in [0, 0.05) is 29.7 Å². The Morgan fingerprint density at radius 1 is 1.39 bits per heavy atom. The van der Waals surface area contributed by atoms with Gasteiger partial charge in [-0.2, -0.15) is 0 Å². The second-order valence-corrected chi connectivity index (χ2v) is 5.79. The highest BCUT2D eigenvalue weighted by molar-refractivity contribution is 6.31. The van der Waals surface area contributed by atoms with E-state index in [1.165, 1.54) is 18.2 Å². The normalized spacial score (nSPS) is 10.7. The number of urea groups is 1. The number of carbonyl (C=O) groups excluding carboxylic acids is 2. The summed E-state index contributed by atoms with van der Waals surface area (Å²) in [6, 6.07) is 3.48. The van der Waals surface area contributed by atoms with E-state index < -0.39 is 16.9 Å². The smallest absolute Gasteiger partial charge is 0.321 e. The van der Waals surface area contributed by atoms with E-state index >= 15 is 0 Å². The van der Waals surface area contributed by atoms with Gasteiger partial charge in [-0.25, -0.2) is 4.79 Å². The van der Waals surface area contributed by atoms with Crippen LogP contribution < -0.4 is 10.6 Å². The number of carbonyl (C=O) groups is 2. The Morgan fingerprint density at radius 3 is 2.61 bits per heavy atom. The minimum Gasteiger partial charge on any atom is -0.336 e. The van der Waals surface area contributed by atoms with Gasteiger partial charge in [-0.1, -0.05) is 11.6 Å². The molecule has 0 fully saturated rings. The SMILES string of the molecule is CC(C)NC(=O)NC(=O)CN(C)Cc1cc([N+](=O)[O-])ccc1Cl. The Balaban J connectivity index is 2.61. The van der Waals surface area contributed by atoms with Gasteiger partial charge in [0.2, 0.25) is 5.91 Å². The molecule has 2 N–H and O–H groups in total. The number of halogens is 1. The van der Waals surface area contributed by atoms with Crippen LogP contribution >= 0.6 is 11.6 Å². The zero-order valence-corrected chi connectivity index (χ0v) is 13.9. The van der Waals surface area contributed by atoms with E-state index in [1.807, 2.05) is 0 Å². The number of benzene rings is 1. The molecular formula is C14H19ClN4O4. The molecule has 23 heavy (non-hydrogen) atoms. The molecule has 0 radical (unpaired) electrons. The third-order valence-electron chi connectivity index (χ3n) is 2.77. The van der Waals surface area contributed by atoms with Crippen molar-refractivity contribution in [1.82, 2.24) is 15.5 Å². The van der Waals surface area contributed by atoms with Crippen molar-refractivity contribution in [3.05, 3.63) is 38.9 Å². The number of non-ortho nitro benzene ring substituents is 1. The first-order valence-electron chi connectivity index (χ1n) is 6.90. The van der Waals surface area contributed by atoms with Gasteiger partial charge in [-0.15, -0.1) is 0 Å². The molecule has 0 saturated carbocycles. The number of hydrogen-bond donors (Lipinski definition) is 2. The van der Waals surface area contributed by atoms with Gasteiger partial charge in [-0.3, -0.25) is 25.1 Å². The molecule has 0 aliphatic rings. The number of nitrogens with zero attached hydrogens (tertiary/aromatic N) is 2. The maximum atomic E-state index is 11.7. The van der Waals surface area contributed by atoms with Crippen LogP contribution in [0.1, 0.15) is 19.4 Å². The van der Waals surface area contributed by atoms with Crippen molar-refractivity contribution >= 4 is 29.2 Å². The lowest BCUT2D eigenvalue weighted by molar-refractivity contribution is -0.384. The summed E-state index contributed by atoms with van der Waals surface area (Å²) in [7, 11) is 1.65. The first-order chi connectivity index (χ1) is 10.7. The molecule has 0 aromatic heterocycles. The van der Waals surface area contributed by atoms with Crippen molar-refractivity contribution < 1.29 is 14.5 Å². The van der Waals surface area contributed by atoms with Crippen molar-refractivity contribution in [2.24, 2.45) is 0 Å². The van der Waals surface area contributed by atoms with Crippen LogP contribution in [0.5, 0.6) is 0 Å². The molecule has 1 aromatic rings. The highest BCUT2D eigenvalue weighted by Gasteiger charge is 2.14. The van der Waals surface area contributed by atoms with E-state index in [4.69, 9.17) is 11.6 Å². The van der Waals surface area contributed by atoms with Crippen LogP contribution in [0.3, 0.4) is 0 Å². The van der Waals surface area contributed by atoms with E-state index in [1.54, 1.807) is 25.8 Å². The highest BCUT2D eigenvalue weighted by Crippen LogP contribution is 2.22.